The van der Waals surface area contributed by atoms with Crippen LogP contribution in [0.5, 0.6) is 5.75 Å². The van der Waals surface area contributed by atoms with E-state index in [1.165, 1.54) is 7.11 Å². The van der Waals surface area contributed by atoms with Crippen LogP contribution in [0.3, 0.4) is 0 Å². The molecule has 0 unspecified atom stereocenters. The Kier molecular flexibility index (Phi) is 4.20. The molecule has 0 amide bonds. The Balaban J connectivity index is 3.30. The standard InChI is InChI=1S/C6H6BI2NO3/c1-13-3-2-4(8)10-6(9)5(3)7(11)12/h2,11-12H,1H3. The lowest BCUT2D eigenvalue weighted by Gasteiger charge is -2.09. The lowest BCUT2D eigenvalue weighted by atomic mass is 9.81. The van der Waals surface area contributed by atoms with Gasteiger partial charge in [-0.2, -0.15) is 0 Å². The molecule has 0 bridgehead atoms. The summed E-state index contributed by atoms with van der Waals surface area (Å²) in [4.78, 5) is 4.08. The van der Waals surface area contributed by atoms with E-state index < -0.39 is 7.12 Å². The number of hydrogen-bond acceptors (Lipinski definition) is 4. The van der Waals surface area contributed by atoms with Crippen molar-refractivity contribution in [3.05, 3.63) is 13.5 Å². The lowest BCUT2D eigenvalue weighted by molar-refractivity contribution is 0.402. The molecule has 0 atom stereocenters. The van der Waals surface area contributed by atoms with Gasteiger partial charge in [0.2, 0.25) is 0 Å². The van der Waals surface area contributed by atoms with Crippen LogP contribution >= 0.6 is 45.2 Å². The maximum atomic E-state index is 9.04. The molecule has 0 fully saturated rings. The molecule has 0 aliphatic rings. The number of ether oxygens (including phenoxy) is 1. The van der Waals surface area contributed by atoms with Gasteiger partial charge in [0.05, 0.1) is 12.6 Å². The summed E-state index contributed by atoms with van der Waals surface area (Å²) < 4.78 is 6.29. The van der Waals surface area contributed by atoms with E-state index in [9.17, 15) is 0 Å². The number of halogens is 2. The molecule has 0 aliphatic carbocycles. The number of aromatic nitrogens is 1. The van der Waals surface area contributed by atoms with Crippen LogP contribution in [0.25, 0.3) is 0 Å². The molecule has 1 heterocycles. The molecule has 1 aromatic heterocycles. The fourth-order valence-electron chi connectivity index (χ4n) is 0.877. The van der Waals surface area contributed by atoms with Crippen molar-refractivity contribution < 1.29 is 14.8 Å². The number of hydrogen-bond donors (Lipinski definition) is 2. The largest absolute Gasteiger partial charge is 0.497 e. The van der Waals surface area contributed by atoms with E-state index in [1.807, 2.05) is 45.2 Å². The van der Waals surface area contributed by atoms with Crippen molar-refractivity contribution in [1.82, 2.24) is 4.98 Å². The van der Waals surface area contributed by atoms with Crippen LogP contribution in [0.4, 0.5) is 0 Å². The van der Waals surface area contributed by atoms with Crippen molar-refractivity contribution in [3.8, 4) is 5.75 Å². The average molecular weight is 405 g/mol. The minimum Gasteiger partial charge on any atom is -0.497 e. The maximum absolute atomic E-state index is 9.04. The summed E-state index contributed by atoms with van der Waals surface area (Å²) in [5.41, 5.74) is 0.309. The van der Waals surface area contributed by atoms with Crippen molar-refractivity contribution in [2.75, 3.05) is 7.11 Å². The van der Waals surface area contributed by atoms with E-state index in [1.54, 1.807) is 6.07 Å². The van der Waals surface area contributed by atoms with Gasteiger partial charge in [-0.1, -0.05) is 0 Å². The summed E-state index contributed by atoms with van der Waals surface area (Å²) in [5, 5.41) is 18.1. The Labute approximate surface area is 103 Å². The second-order valence-electron chi connectivity index (χ2n) is 2.23. The minimum atomic E-state index is -1.55. The molecule has 0 aromatic carbocycles. The van der Waals surface area contributed by atoms with Gasteiger partial charge in [0.15, 0.2) is 0 Å². The van der Waals surface area contributed by atoms with E-state index >= 15 is 0 Å². The molecule has 0 saturated heterocycles. The van der Waals surface area contributed by atoms with Crippen molar-refractivity contribution in [2.45, 2.75) is 0 Å². The van der Waals surface area contributed by atoms with Crippen molar-refractivity contribution in [3.63, 3.8) is 0 Å². The lowest BCUT2D eigenvalue weighted by Crippen LogP contribution is -2.34. The smallest absolute Gasteiger partial charge is 0.494 e. The highest BCUT2D eigenvalue weighted by Crippen LogP contribution is 2.14. The predicted octanol–water partition coefficient (Wildman–Crippen LogP) is -0.0208. The molecule has 70 valence electrons. The fourth-order valence-corrected chi connectivity index (χ4v) is 2.67. The first-order valence-corrected chi connectivity index (χ1v) is 5.48. The van der Waals surface area contributed by atoms with Gasteiger partial charge < -0.3 is 14.8 Å². The summed E-state index contributed by atoms with van der Waals surface area (Å²) in [6.45, 7) is 0. The molecule has 0 spiro atoms. The first-order valence-electron chi connectivity index (χ1n) is 3.32. The SMILES string of the molecule is COc1cc(I)nc(I)c1B(O)O. The van der Waals surface area contributed by atoms with Crippen LogP contribution in [-0.4, -0.2) is 29.3 Å². The van der Waals surface area contributed by atoms with Crippen molar-refractivity contribution in [2.24, 2.45) is 0 Å². The summed E-state index contributed by atoms with van der Waals surface area (Å²) in [5.74, 6) is 0.443. The molecule has 7 heteroatoms. The van der Waals surface area contributed by atoms with Crippen LogP contribution in [0, 0.1) is 7.40 Å². The van der Waals surface area contributed by atoms with Gasteiger partial charge in [0.1, 0.15) is 13.2 Å². The molecule has 2 N–H and O–H groups in total. The highest BCUT2D eigenvalue weighted by molar-refractivity contribution is 14.1. The Hall–Kier alpha value is 0.395. The van der Waals surface area contributed by atoms with Gasteiger partial charge in [-0.25, -0.2) is 4.98 Å². The van der Waals surface area contributed by atoms with E-state index in [0.29, 0.717) is 14.9 Å². The molecular formula is C6H6BI2NO3. The van der Waals surface area contributed by atoms with E-state index in [4.69, 9.17) is 14.8 Å². The van der Waals surface area contributed by atoms with Crippen molar-refractivity contribution in [1.29, 1.82) is 0 Å². The zero-order chi connectivity index (χ0) is 10.0. The molecular weight excluding hydrogens is 399 g/mol. The number of rotatable bonds is 2. The van der Waals surface area contributed by atoms with E-state index in [2.05, 4.69) is 4.98 Å². The maximum Gasteiger partial charge on any atom is 0.494 e. The van der Waals surface area contributed by atoms with Gasteiger partial charge in [0, 0.05) is 6.07 Å². The number of methoxy groups -OCH3 is 1. The van der Waals surface area contributed by atoms with Crippen molar-refractivity contribution >= 4 is 57.8 Å². The molecule has 1 rings (SSSR count). The second kappa shape index (κ2) is 4.76. The summed E-state index contributed by atoms with van der Waals surface area (Å²) in [6, 6.07) is 1.65. The first-order chi connectivity index (χ1) is 6.06. The molecule has 0 radical (unpaired) electrons. The minimum absolute atomic E-state index is 0.309. The van der Waals surface area contributed by atoms with Crippen LogP contribution in [0.2, 0.25) is 0 Å². The van der Waals surface area contributed by atoms with E-state index in [0.717, 1.165) is 3.70 Å². The Morgan fingerprint density at radius 2 is 2.08 bits per heavy atom. The normalized spacial score (nSPS) is 9.92. The van der Waals surface area contributed by atoms with E-state index in [-0.39, 0.29) is 0 Å². The third-order valence-corrected chi connectivity index (χ3v) is 2.80. The molecule has 13 heavy (non-hydrogen) atoms. The first kappa shape index (κ1) is 11.5. The Bertz CT molecular complexity index is 321. The fraction of sp³-hybridized carbons (Fsp3) is 0.167. The number of pyridine rings is 1. The summed E-state index contributed by atoms with van der Waals surface area (Å²) in [7, 11) is -0.0701. The topological polar surface area (TPSA) is 62.6 Å². The molecule has 1 aromatic rings. The van der Waals surface area contributed by atoms with Gasteiger partial charge in [-0.3, -0.25) is 0 Å². The summed E-state index contributed by atoms with van der Waals surface area (Å²) >= 11 is 3.97. The molecule has 0 saturated carbocycles. The van der Waals surface area contributed by atoms with Crippen LogP contribution < -0.4 is 10.2 Å². The highest BCUT2D eigenvalue weighted by Gasteiger charge is 2.22. The second-order valence-corrected chi connectivity index (χ2v) is 4.35. The molecule has 4 nitrogen and oxygen atoms in total. The monoisotopic (exact) mass is 405 g/mol. The van der Waals surface area contributed by atoms with Gasteiger partial charge in [0.25, 0.3) is 0 Å². The average Bonchev–Trinajstić information content (AvgIpc) is 2.01. The van der Waals surface area contributed by atoms with Crippen LogP contribution in [0.1, 0.15) is 0 Å². The highest BCUT2D eigenvalue weighted by atomic mass is 127. The third kappa shape index (κ3) is 2.67. The predicted molar refractivity (Wildman–Crippen MR) is 66.0 cm³/mol. The number of nitrogens with zero attached hydrogens (tertiary/aromatic N) is 1. The zero-order valence-electron chi connectivity index (χ0n) is 6.66. The third-order valence-electron chi connectivity index (χ3n) is 1.42. The van der Waals surface area contributed by atoms with Crippen LogP contribution in [0.15, 0.2) is 6.07 Å². The van der Waals surface area contributed by atoms with Gasteiger partial charge >= 0.3 is 7.12 Å². The van der Waals surface area contributed by atoms with Gasteiger partial charge in [-0.15, -0.1) is 0 Å². The Morgan fingerprint density at radius 3 is 2.54 bits per heavy atom. The zero-order valence-corrected chi connectivity index (χ0v) is 11.0. The summed E-state index contributed by atoms with van der Waals surface area (Å²) in [6.07, 6.45) is 0. The Morgan fingerprint density at radius 1 is 1.46 bits per heavy atom. The quantitative estimate of drug-likeness (QED) is 0.413. The van der Waals surface area contributed by atoms with Gasteiger partial charge in [-0.05, 0) is 45.2 Å². The molecule has 0 aliphatic heterocycles. The van der Waals surface area contributed by atoms with Crippen LogP contribution in [-0.2, 0) is 0 Å².